The molecule has 3 aromatic rings. The van der Waals surface area contributed by atoms with Crippen LogP contribution in [0.1, 0.15) is 105 Å². The second-order valence-electron chi connectivity index (χ2n) is 21.3. The Bertz CT molecular complexity index is 2730. The number of aliphatic carboxylic acids is 2. The Labute approximate surface area is 475 Å². The van der Waals surface area contributed by atoms with Crippen LogP contribution in [-0.2, 0) is 65.6 Å². The maximum absolute atomic E-state index is 14.8. The van der Waals surface area contributed by atoms with Crippen LogP contribution in [0.2, 0.25) is 0 Å². The number of carbonyl (C=O) groups is 11. The van der Waals surface area contributed by atoms with Crippen molar-refractivity contribution >= 4 is 82.0 Å². The fraction of sp³-hybridized carbons (Fsp3) is 0.527. The van der Waals surface area contributed by atoms with Gasteiger partial charge < -0.3 is 80.7 Å². The fourth-order valence-corrected chi connectivity index (χ4v) is 8.59. The molecule has 0 unspecified atom stereocenters. The van der Waals surface area contributed by atoms with Gasteiger partial charge in [0.05, 0.1) is 12.5 Å². The van der Waals surface area contributed by atoms with E-state index in [9.17, 15) is 63.0 Å². The third kappa shape index (κ3) is 23.2. The predicted molar refractivity (Wildman–Crippen MR) is 303 cm³/mol. The van der Waals surface area contributed by atoms with E-state index in [0.717, 1.165) is 0 Å². The molecule has 0 saturated heterocycles. The van der Waals surface area contributed by atoms with Crippen LogP contribution >= 0.6 is 0 Å². The van der Waals surface area contributed by atoms with Crippen molar-refractivity contribution in [1.82, 2.24) is 47.5 Å². The maximum atomic E-state index is 14.8. The zero-order chi connectivity index (χ0) is 61.4. The third-order valence-electron chi connectivity index (χ3n) is 12.9. The molecule has 0 saturated carbocycles. The summed E-state index contributed by atoms with van der Waals surface area (Å²) in [5, 5.41) is 40.6. The Morgan fingerprint density at radius 2 is 1.01 bits per heavy atom. The Kier molecular flexibility index (Phi) is 27.4. The van der Waals surface area contributed by atoms with Gasteiger partial charge in [-0.15, -0.1) is 0 Å². The SMILES string of the molecule is CC(C)C[C@H](NC(=O)[C@H](CC(C)C)NC(=O)[C@H](Cc1c[nH]c2ccccc12)NC(=O)[C@H](CCC(=O)O)NC(=O)[C@@H](NC(=O)[C@H](Cc1ccccc1)NC(=O)[C@@H](N)CC(=O)O)C(C)C)C(=O)N[C@@H](CCCN=C(N)N)C(=O)N[C@@H](C)C(N)=O. The number of aromatic amines is 1. The number of para-hydroxylation sites is 1. The highest BCUT2D eigenvalue weighted by atomic mass is 16.4. The van der Waals surface area contributed by atoms with Gasteiger partial charge in [0.2, 0.25) is 53.2 Å². The second kappa shape index (κ2) is 33.2. The van der Waals surface area contributed by atoms with Crippen LogP contribution in [0.15, 0.2) is 65.8 Å². The molecule has 82 heavy (non-hydrogen) atoms. The van der Waals surface area contributed by atoms with Crippen molar-refractivity contribution < 1.29 is 63.0 Å². The molecule has 2 aromatic carbocycles. The van der Waals surface area contributed by atoms with Gasteiger partial charge in [-0.25, -0.2) is 0 Å². The van der Waals surface area contributed by atoms with E-state index in [1.807, 2.05) is 0 Å². The molecular weight excluding hydrogens is 1060 g/mol. The lowest BCUT2D eigenvalue weighted by Crippen LogP contribution is -2.61. The van der Waals surface area contributed by atoms with Gasteiger partial charge in [-0.3, -0.25) is 57.7 Å². The molecule has 3 rings (SSSR count). The minimum absolute atomic E-state index is 0.0126. The van der Waals surface area contributed by atoms with Crippen LogP contribution in [0, 0.1) is 17.8 Å². The first kappa shape index (κ1) is 67.7. The molecule has 0 radical (unpaired) electrons. The van der Waals surface area contributed by atoms with E-state index in [0.29, 0.717) is 22.0 Å². The number of nitrogens with one attached hydrogen (secondary N) is 9. The Hall–Kier alpha value is -8.62. The van der Waals surface area contributed by atoms with Gasteiger partial charge in [0.15, 0.2) is 5.96 Å². The molecule has 0 fully saturated rings. The first-order chi connectivity index (χ1) is 38.6. The van der Waals surface area contributed by atoms with Crippen LogP contribution in [0.3, 0.4) is 0 Å². The van der Waals surface area contributed by atoms with Crippen molar-refractivity contribution in [2.24, 2.45) is 45.7 Å². The zero-order valence-electron chi connectivity index (χ0n) is 47.4. The number of hydrogen-bond donors (Lipinski definition) is 15. The highest BCUT2D eigenvalue weighted by molar-refractivity contribution is 5.99. The molecule has 27 heteroatoms. The van der Waals surface area contributed by atoms with E-state index >= 15 is 0 Å². The smallest absolute Gasteiger partial charge is 0.305 e. The number of carboxylic acids is 2. The topological polar surface area (TPSA) is 457 Å². The van der Waals surface area contributed by atoms with Gasteiger partial charge in [-0.1, -0.05) is 90.1 Å². The zero-order valence-corrected chi connectivity index (χ0v) is 47.4. The summed E-state index contributed by atoms with van der Waals surface area (Å²) in [4.78, 5) is 155. The molecule has 9 amide bonds. The van der Waals surface area contributed by atoms with Gasteiger partial charge in [-0.05, 0) is 74.0 Å². The highest BCUT2D eigenvalue weighted by Crippen LogP contribution is 2.20. The Morgan fingerprint density at radius 3 is 1.56 bits per heavy atom. The Balaban J connectivity index is 2.00. The van der Waals surface area contributed by atoms with Crippen LogP contribution in [0.25, 0.3) is 10.9 Å². The number of aromatic nitrogens is 1. The number of carboxylic acid groups (broad SMARTS) is 2. The number of benzene rings is 2. The summed E-state index contributed by atoms with van der Waals surface area (Å²) in [6.45, 7) is 11.8. The normalized spacial score (nSPS) is 14.5. The standard InChI is InChI=1S/C55H82N14O13/c1-28(2)22-39(50(78)63-37(18-13-21-60-55(58)59)48(76)62-31(7)46(57)74)66-51(79)40(23-29(3)4)67-52(80)42(25-33-27-61-36-17-12-11-16-34(33)36)68-49(77)38(19-20-43(70)71)64-54(82)45(30(5)6)69-53(81)41(24-32-14-9-8-10-15-32)65-47(75)35(56)26-44(72)73/h8-12,14-17,27-31,35,37-42,45,61H,13,18-26,56H2,1-7H3,(H2,57,74)(H,62,76)(H,63,78)(H,64,82)(H,65,75)(H,66,79)(H,67,80)(H,68,77)(H,69,81)(H,70,71)(H,72,73)(H4,58,59,60)/t31-,35-,37-,38-,39-,40-,41-,42-,45-/m0/s1. The van der Waals surface area contributed by atoms with E-state index < -0.39 is 145 Å². The molecular formula is C55H82N14O13. The monoisotopic (exact) mass is 1150 g/mol. The average Bonchev–Trinajstić information content (AvgIpc) is 3.84. The van der Waals surface area contributed by atoms with Gasteiger partial charge in [0.1, 0.15) is 48.3 Å². The van der Waals surface area contributed by atoms with Crippen molar-refractivity contribution in [3.63, 3.8) is 0 Å². The molecule has 1 heterocycles. The Morgan fingerprint density at radius 1 is 0.537 bits per heavy atom. The first-order valence-electron chi connectivity index (χ1n) is 27.1. The summed E-state index contributed by atoms with van der Waals surface area (Å²) in [6, 6.07) is 3.18. The van der Waals surface area contributed by atoms with Gasteiger partial charge in [0, 0.05) is 42.9 Å². The van der Waals surface area contributed by atoms with E-state index in [2.05, 4.69) is 52.5 Å². The summed E-state index contributed by atoms with van der Waals surface area (Å²) in [5.74, 6) is -11.8. The number of amides is 9. The number of carbonyl (C=O) groups excluding carboxylic acids is 9. The number of hydrogen-bond acceptors (Lipinski definition) is 13. The van der Waals surface area contributed by atoms with Crippen LogP contribution in [0.4, 0.5) is 0 Å². The lowest BCUT2D eigenvalue weighted by atomic mass is 9.98. The van der Waals surface area contributed by atoms with Crippen molar-refractivity contribution in [3.05, 3.63) is 71.9 Å². The number of H-pyrrole nitrogens is 1. The van der Waals surface area contributed by atoms with Gasteiger partial charge in [0.25, 0.3) is 0 Å². The van der Waals surface area contributed by atoms with Crippen LogP contribution < -0.4 is 65.5 Å². The lowest BCUT2D eigenvalue weighted by Gasteiger charge is -2.29. The third-order valence-corrected chi connectivity index (χ3v) is 12.9. The number of primary amides is 1. The summed E-state index contributed by atoms with van der Waals surface area (Å²) in [7, 11) is 0. The van der Waals surface area contributed by atoms with E-state index in [1.165, 1.54) is 6.92 Å². The highest BCUT2D eigenvalue weighted by Gasteiger charge is 2.36. The fourth-order valence-electron chi connectivity index (χ4n) is 8.59. The van der Waals surface area contributed by atoms with E-state index in [1.54, 1.807) is 102 Å². The van der Waals surface area contributed by atoms with Crippen molar-refractivity contribution in [2.75, 3.05) is 6.54 Å². The number of nitrogens with zero attached hydrogens (tertiary/aromatic N) is 1. The van der Waals surface area contributed by atoms with E-state index in [-0.39, 0.29) is 62.9 Å². The summed E-state index contributed by atoms with van der Waals surface area (Å²) in [5.41, 5.74) is 23.9. The van der Waals surface area contributed by atoms with Crippen molar-refractivity contribution in [1.29, 1.82) is 0 Å². The summed E-state index contributed by atoms with van der Waals surface area (Å²) >= 11 is 0. The molecule has 0 aliphatic heterocycles. The molecule has 0 spiro atoms. The average molecular weight is 1150 g/mol. The number of guanidine groups is 1. The summed E-state index contributed by atoms with van der Waals surface area (Å²) < 4.78 is 0. The molecule has 9 atom stereocenters. The molecule has 0 bridgehead atoms. The summed E-state index contributed by atoms with van der Waals surface area (Å²) in [6.07, 6.45) is -0.240. The molecule has 19 N–H and O–H groups in total. The predicted octanol–water partition coefficient (Wildman–Crippen LogP) is -1.19. The number of nitrogens with two attached hydrogens (primary N) is 4. The molecule has 1 aromatic heterocycles. The van der Waals surface area contributed by atoms with Crippen LogP contribution in [0.5, 0.6) is 0 Å². The lowest BCUT2D eigenvalue weighted by molar-refractivity contribution is -0.140. The number of fused-ring (bicyclic) bond motifs is 1. The first-order valence-corrected chi connectivity index (χ1v) is 27.1. The molecule has 0 aliphatic carbocycles. The van der Waals surface area contributed by atoms with Crippen molar-refractivity contribution in [3.8, 4) is 0 Å². The minimum atomic E-state index is -1.64. The van der Waals surface area contributed by atoms with Gasteiger partial charge in [-0.2, -0.15) is 0 Å². The quantitative estimate of drug-likeness (QED) is 0.0187. The molecule has 0 aliphatic rings. The molecule has 27 nitrogen and oxygen atoms in total. The van der Waals surface area contributed by atoms with Crippen LogP contribution in [-0.4, -0.2) is 147 Å². The maximum Gasteiger partial charge on any atom is 0.305 e. The van der Waals surface area contributed by atoms with Crippen molar-refractivity contribution in [2.45, 2.75) is 161 Å². The van der Waals surface area contributed by atoms with E-state index in [4.69, 9.17) is 22.9 Å². The number of aliphatic imine (C=N–C) groups is 1. The largest absolute Gasteiger partial charge is 0.481 e. The molecule has 450 valence electrons. The number of rotatable bonds is 35. The minimum Gasteiger partial charge on any atom is -0.481 e. The van der Waals surface area contributed by atoms with Gasteiger partial charge >= 0.3 is 11.9 Å². The second-order valence-corrected chi connectivity index (χ2v) is 21.3.